The second-order valence-corrected chi connectivity index (χ2v) is 5.16. The van der Waals surface area contributed by atoms with Crippen LogP contribution in [0.15, 0.2) is 35.1 Å². The smallest absolute Gasteiger partial charge is 0.337 e. The number of aromatic nitrogens is 1. The Balaban J connectivity index is 2.86. The number of carboxylic acid groups (broad SMARTS) is 1. The van der Waals surface area contributed by atoms with Crippen LogP contribution in [0.4, 0.5) is 0 Å². The van der Waals surface area contributed by atoms with Gasteiger partial charge in [0.25, 0.3) is 5.56 Å². The zero-order valence-corrected chi connectivity index (χ0v) is 12.6. The van der Waals surface area contributed by atoms with E-state index in [0.29, 0.717) is 29.8 Å². The zero-order chi connectivity index (χ0) is 15.6. The highest BCUT2D eigenvalue weighted by Crippen LogP contribution is 2.23. The first-order valence-corrected chi connectivity index (χ1v) is 7.09. The van der Waals surface area contributed by atoms with Gasteiger partial charge in [0.15, 0.2) is 0 Å². The van der Waals surface area contributed by atoms with Gasteiger partial charge in [-0.25, -0.2) is 4.79 Å². The van der Waals surface area contributed by atoms with Crippen LogP contribution < -0.4 is 5.56 Å². The Morgan fingerprint density at radius 2 is 1.90 bits per heavy atom. The second-order valence-electron chi connectivity index (χ2n) is 4.78. The number of benzene rings is 1. The van der Waals surface area contributed by atoms with E-state index in [9.17, 15) is 14.7 Å². The molecule has 0 radical (unpaired) electrons. The monoisotopic (exact) mass is 305 g/mol. The minimum atomic E-state index is -1.07. The van der Waals surface area contributed by atoms with Crippen molar-refractivity contribution in [2.75, 3.05) is 0 Å². The fourth-order valence-corrected chi connectivity index (χ4v) is 2.75. The van der Waals surface area contributed by atoms with Crippen molar-refractivity contribution in [2.45, 2.75) is 26.7 Å². The van der Waals surface area contributed by atoms with Crippen LogP contribution in [0.25, 0.3) is 5.69 Å². The summed E-state index contributed by atoms with van der Waals surface area (Å²) in [5.74, 6) is -1.07. The van der Waals surface area contributed by atoms with Crippen LogP contribution in [0, 0.1) is 6.92 Å². The average molecular weight is 306 g/mol. The van der Waals surface area contributed by atoms with Crippen molar-refractivity contribution in [3.8, 4) is 5.69 Å². The molecule has 0 atom stereocenters. The lowest BCUT2D eigenvalue weighted by Crippen LogP contribution is -2.26. The molecule has 0 spiro atoms. The molecule has 0 amide bonds. The summed E-state index contributed by atoms with van der Waals surface area (Å²) in [6.45, 7) is 3.55. The molecule has 1 heterocycles. The number of para-hydroxylation sites is 1. The fourth-order valence-electron chi connectivity index (χ4n) is 2.48. The summed E-state index contributed by atoms with van der Waals surface area (Å²) in [4.78, 5) is 24.1. The van der Waals surface area contributed by atoms with Crippen LogP contribution >= 0.6 is 11.6 Å². The lowest BCUT2D eigenvalue weighted by atomic mass is 10.0. The van der Waals surface area contributed by atoms with Crippen molar-refractivity contribution < 1.29 is 9.90 Å². The van der Waals surface area contributed by atoms with Crippen LogP contribution in [0.5, 0.6) is 0 Å². The molecule has 1 aromatic heterocycles. The SMILES string of the molecule is CCCc1c(C(=O)O)c(C)n(-c2ccccc2)c(=O)c1Cl. The topological polar surface area (TPSA) is 59.3 Å². The van der Waals surface area contributed by atoms with E-state index in [1.807, 2.05) is 13.0 Å². The molecular weight excluding hydrogens is 290 g/mol. The van der Waals surface area contributed by atoms with Crippen molar-refractivity contribution in [1.82, 2.24) is 4.57 Å². The van der Waals surface area contributed by atoms with Gasteiger partial charge in [-0.15, -0.1) is 0 Å². The van der Waals surface area contributed by atoms with E-state index in [2.05, 4.69) is 0 Å². The molecule has 0 saturated heterocycles. The van der Waals surface area contributed by atoms with Gasteiger partial charge in [0.05, 0.1) is 5.56 Å². The van der Waals surface area contributed by atoms with E-state index in [0.717, 1.165) is 0 Å². The highest BCUT2D eigenvalue weighted by atomic mass is 35.5. The Bertz CT molecular complexity index is 735. The number of hydrogen-bond donors (Lipinski definition) is 1. The molecule has 0 aliphatic carbocycles. The van der Waals surface area contributed by atoms with Crippen molar-refractivity contribution in [3.63, 3.8) is 0 Å². The minimum Gasteiger partial charge on any atom is -0.478 e. The van der Waals surface area contributed by atoms with E-state index in [-0.39, 0.29) is 16.1 Å². The van der Waals surface area contributed by atoms with Gasteiger partial charge in [-0.05, 0) is 31.0 Å². The van der Waals surface area contributed by atoms with Crippen LogP contribution in [-0.2, 0) is 6.42 Å². The molecule has 2 aromatic rings. The molecule has 0 saturated carbocycles. The van der Waals surface area contributed by atoms with E-state index in [1.54, 1.807) is 31.2 Å². The third kappa shape index (κ3) is 2.72. The van der Waals surface area contributed by atoms with E-state index in [1.165, 1.54) is 4.57 Å². The van der Waals surface area contributed by atoms with Gasteiger partial charge in [-0.1, -0.05) is 43.1 Å². The predicted molar refractivity (Wildman–Crippen MR) is 82.7 cm³/mol. The number of pyridine rings is 1. The minimum absolute atomic E-state index is 0.0105. The van der Waals surface area contributed by atoms with Crippen LogP contribution in [0.2, 0.25) is 5.02 Å². The number of aromatic carboxylic acids is 1. The highest BCUT2D eigenvalue weighted by Gasteiger charge is 2.22. The van der Waals surface area contributed by atoms with Gasteiger partial charge in [0.1, 0.15) is 5.02 Å². The van der Waals surface area contributed by atoms with E-state index < -0.39 is 5.97 Å². The zero-order valence-electron chi connectivity index (χ0n) is 11.9. The van der Waals surface area contributed by atoms with Crippen LogP contribution in [0.3, 0.4) is 0 Å². The maximum absolute atomic E-state index is 12.5. The van der Waals surface area contributed by atoms with Crippen molar-refractivity contribution >= 4 is 17.6 Å². The van der Waals surface area contributed by atoms with Gasteiger partial charge >= 0.3 is 5.97 Å². The lowest BCUT2D eigenvalue weighted by molar-refractivity contribution is 0.0694. The molecule has 0 aliphatic rings. The van der Waals surface area contributed by atoms with Gasteiger partial charge in [0, 0.05) is 11.4 Å². The average Bonchev–Trinajstić information content (AvgIpc) is 2.45. The van der Waals surface area contributed by atoms with E-state index in [4.69, 9.17) is 11.6 Å². The van der Waals surface area contributed by atoms with Crippen LogP contribution in [0.1, 0.15) is 35.0 Å². The Morgan fingerprint density at radius 3 is 2.43 bits per heavy atom. The number of hydrogen-bond acceptors (Lipinski definition) is 2. The molecule has 0 bridgehead atoms. The Kier molecular flexibility index (Phi) is 4.48. The third-order valence-electron chi connectivity index (χ3n) is 3.38. The number of nitrogens with zero attached hydrogens (tertiary/aromatic N) is 1. The first-order chi connectivity index (χ1) is 9.99. The van der Waals surface area contributed by atoms with Crippen molar-refractivity contribution in [2.24, 2.45) is 0 Å². The quantitative estimate of drug-likeness (QED) is 0.941. The number of carbonyl (C=O) groups is 1. The van der Waals surface area contributed by atoms with Gasteiger partial charge in [-0.3, -0.25) is 9.36 Å². The number of rotatable bonds is 4. The van der Waals surface area contributed by atoms with Crippen molar-refractivity contribution in [1.29, 1.82) is 0 Å². The summed E-state index contributed by atoms with van der Waals surface area (Å²) >= 11 is 6.15. The maximum Gasteiger partial charge on any atom is 0.337 e. The van der Waals surface area contributed by atoms with Gasteiger partial charge < -0.3 is 5.11 Å². The Labute approximate surface area is 127 Å². The normalized spacial score (nSPS) is 10.6. The molecule has 4 nitrogen and oxygen atoms in total. The third-order valence-corrected chi connectivity index (χ3v) is 3.77. The molecule has 0 unspecified atom stereocenters. The summed E-state index contributed by atoms with van der Waals surface area (Å²) in [5.41, 5.74) is 1.15. The maximum atomic E-state index is 12.5. The van der Waals surface area contributed by atoms with Crippen LogP contribution in [-0.4, -0.2) is 15.6 Å². The lowest BCUT2D eigenvalue weighted by Gasteiger charge is -2.17. The fraction of sp³-hybridized carbons (Fsp3) is 0.250. The predicted octanol–water partition coefficient (Wildman–Crippen LogP) is 3.45. The summed E-state index contributed by atoms with van der Waals surface area (Å²) in [7, 11) is 0. The molecule has 1 aromatic carbocycles. The molecule has 0 fully saturated rings. The Morgan fingerprint density at radius 1 is 1.29 bits per heavy atom. The number of halogens is 1. The van der Waals surface area contributed by atoms with E-state index >= 15 is 0 Å². The summed E-state index contributed by atoms with van der Waals surface area (Å²) in [6, 6.07) is 8.89. The summed E-state index contributed by atoms with van der Waals surface area (Å²) in [5, 5.41) is 9.48. The largest absolute Gasteiger partial charge is 0.478 e. The van der Waals surface area contributed by atoms with Gasteiger partial charge in [0.2, 0.25) is 0 Å². The molecular formula is C16H16ClNO3. The first-order valence-electron chi connectivity index (χ1n) is 6.71. The highest BCUT2D eigenvalue weighted by molar-refractivity contribution is 6.31. The summed E-state index contributed by atoms with van der Waals surface area (Å²) < 4.78 is 1.35. The molecule has 21 heavy (non-hydrogen) atoms. The second kappa shape index (κ2) is 6.14. The van der Waals surface area contributed by atoms with Gasteiger partial charge in [-0.2, -0.15) is 0 Å². The molecule has 1 N–H and O–H groups in total. The standard InChI is InChI=1S/C16H16ClNO3/c1-3-7-12-13(16(20)21)10(2)18(15(19)14(12)17)11-8-5-4-6-9-11/h4-6,8-9H,3,7H2,1-2H3,(H,20,21). The Hall–Kier alpha value is -2.07. The van der Waals surface area contributed by atoms with Crippen molar-refractivity contribution in [3.05, 3.63) is 62.5 Å². The number of carboxylic acids is 1. The molecule has 2 rings (SSSR count). The first kappa shape index (κ1) is 15.3. The molecule has 110 valence electrons. The molecule has 0 aliphatic heterocycles. The molecule has 5 heteroatoms. The summed E-state index contributed by atoms with van der Waals surface area (Å²) in [6.07, 6.45) is 1.18.